The molecular weight excluding hydrogens is 202 g/mol. The highest BCUT2D eigenvalue weighted by Gasteiger charge is 2.22. The predicted molar refractivity (Wildman–Crippen MR) is 63.6 cm³/mol. The van der Waals surface area contributed by atoms with Crippen molar-refractivity contribution in [2.75, 3.05) is 12.4 Å². The molecule has 0 radical (unpaired) electrons. The van der Waals surface area contributed by atoms with Crippen LogP contribution in [0, 0.1) is 5.92 Å². The van der Waals surface area contributed by atoms with Crippen molar-refractivity contribution in [3.8, 4) is 5.75 Å². The van der Waals surface area contributed by atoms with Crippen LogP contribution >= 0.6 is 0 Å². The van der Waals surface area contributed by atoms with Crippen LogP contribution in [0.3, 0.4) is 0 Å². The van der Waals surface area contributed by atoms with E-state index in [0.717, 1.165) is 24.3 Å². The van der Waals surface area contributed by atoms with Gasteiger partial charge in [-0.25, -0.2) is 0 Å². The number of rotatable bonds is 3. The van der Waals surface area contributed by atoms with Crippen LogP contribution in [0.2, 0.25) is 0 Å². The van der Waals surface area contributed by atoms with Gasteiger partial charge in [0.15, 0.2) is 0 Å². The summed E-state index contributed by atoms with van der Waals surface area (Å²) in [6.07, 6.45) is 4.42. The van der Waals surface area contributed by atoms with Gasteiger partial charge in [0.05, 0.1) is 7.11 Å². The SMILES string of the molecule is COc1ccc(NC(=O)C2CCCC2)cc1. The smallest absolute Gasteiger partial charge is 0.227 e. The second-order valence-corrected chi connectivity index (χ2v) is 4.20. The van der Waals surface area contributed by atoms with Crippen molar-refractivity contribution in [1.29, 1.82) is 0 Å². The van der Waals surface area contributed by atoms with Gasteiger partial charge in [0.2, 0.25) is 5.91 Å². The molecule has 1 aliphatic carbocycles. The number of ether oxygens (including phenoxy) is 1. The molecule has 2 rings (SSSR count). The van der Waals surface area contributed by atoms with Crippen LogP contribution in [0.25, 0.3) is 0 Å². The fourth-order valence-electron chi connectivity index (χ4n) is 2.11. The highest BCUT2D eigenvalue weighted by atomic mass is 16.5. The molecule has 1 amide bonds. The van der Waals surface area contributed by atoms with Crippen molar-refractivity contribution < 1.29 is 9.53 Å². The summed E-state index contributed by atoms with van der Waals surface area (Å²) < 4.78 is 5.06. The van der Waals surface area contributed by atoms with Crippen molar-refractivity contribution in [2.45, 2.75) is 25.7 Å². The van der Waals surface area contributed by atoms with Crippen LogP contribution in [0.4, 0.5) is 5.69 Å². The lowest BCUT2D eigenvalue weighted by Crippen LogP contribution is -2.20. The lowest BCUT2D eigenvalue weighted by atomic mass is 10.1. The summed E-state index contributed by atoms with van der Waals surface area (Å²) in [5, 5.41) is 2.94. The Labute approximate surface area is 95.8 Å². The summed E-state index contributed by atoms with van der Waals surface area (Å²) >= 11 is 0. The Balaban J connectivity index is 1.94. The molecule has 86 valence electrons. The van der Waals surface area contributed by atoms with E-state index in [1.807, 2.05) is 24.3 Å². The van der Waals surface area contributed by atoms with Gasteiger partial charge >= 0.3 is 0 Å². The minimum absolute atomic E-state index is 0.155. The van der Waals surface area contributed by atoms with E-state index in [2.05, 4.69) is 5.32 Å². The Kier molecular flexibility index (Phi) is 3.44. The van der Waals surface area contributed by atoms with Gasteiger partial charge in [0, 0.05) is 11.6 Å². The molecule has 1 N–H and O–H groups in total. The second kappa shape index (κ2) is 5.01. The largest absolute Gasteiger partial charge is 0.497 e. The number of amides is 1. The lowest BCUT2D eigenvalue weighted by molar-refractivity contribution is -0.119. The van der Waals surface area contributed by atoms with E-state index < -0.39 is 0 Å². The molecule has 0 saturated heterocycles. The molecular formula is C13H17NO2. The number of anilines is 1. The first kappa shape index (κ1) is 11.0. The van der Waals surface area contributed by atoms with Crippen LogP contribution in [-0.4, -0.2) is 13.0 Å². The normalized spacial score (nSPS) is 16.1. The molecule has 1 aliphatic rings. The fraction of sp³-hybridized carbons (Fsp3) is 0.462. The van der Waals surface area contributed by atoms with Crippen molar-refractivity contribution >= 4 is 11.6 Å². The second-order valence-electron chi connectivity index (χ2n) is 4.20. The molecule has 0 heterocycles. The first-order chi connectivity index (χ1) is 7.79. The zero-order valence-electron chi connectivity index (χ0n) is 9.53. The molecule has 1 saturated carbocycles. The monoisotopic (exact) mass is 219 g/mol. The molecule has 0 unspecified atom stereocenters. The van der Waals surface area contributed by atoms with Gasteiger partial charge in [-0.3, -0.25) is 4.79 Å². The fourth-order valence-corrected chi connectivity index (χ4v) is 2.11. The third-order valence-corrected chi connectivity index (χ3v) is 3.08. The molecule has 0 spiro atoms. The summed E-state index contributed by atoms with van der Waals surface area (Å²) in [7, 11) is 1.63. The van der Waals surface area contributed by atoms with Crippen LogP contribution in [0.1, 0.15) is 25.7 Å². The van der Waals surface area contributed by atoms with Crippen LogP contribution in [-0.2, 0) is 4.79 Å². The summed E-state index contributed by atoms with van der Waals surface area (Å²) in [6, 6.07) is 7.44. The lowest BCUT2D eigenvalue weighted by Gasteiger charge is -2.10. The van der Waals surface area contributed by atoms with Crippen molar-refractivity contribution in [3.05, 3.63) is 24.3 Å². The van der Waals surface area contributed by atoms with E-state index in [-0.39, 0.29) is 11.8 Å². The Morgan fingerprint density at radius 3 is 2.44 bits per heavy atom. The molecule has 0 atom stereocenters. The maximum absolute atomic E-state index is 11.8. The predicted octanol–water partition coefficient (Wildman–Crippen LogP) is 2.82. The average Bonchev–Trinajstić information content (AvgIpc) is 2.83. The number of nitrogens with one attached hydrogen (secondary N) is 1. The number of hydrogen-bond donors (Lipinski definition) is 1. The van der Waals surface area contributed by atoms with Gasteiger partial charge in [0.1, 0.15) is 5.75 Å². The van der Waals surface area contributed by atoms with Crippen LogP contribution in [0.5, 0.6) is 5.75 Å². The Morgan fingerprint density at radius 1 is 1.25 bits per heavy atom. The van der Waals surface area contributed by atoms with Crippen molar-refractivity contribution in [2.24, 2.45) is 5.92 Å². The molecule has 3 nitrogen and oxygen atoms in total. The Hall–Kier alpha value is -1.51. The minimum atomic E-state index is 0.155. The summed E-state index contributed by atoms with van der Waals surface area (Å²) in [5.74, 6) is 1.17. The molecule has 0 aliphatic heterocycles. The van der Waals surface area contributed by atoms with E-state index in [1.165, 1.54) is 12.8 Å². The first-order valence-corrected chi connectivity index (χ1v) is 5.74. The standard InChI is InChI=1S/C13H17NO2/c1-16-12-8-6-11(7-9-12)14-13(15)10-4-2-3-5-10/h6-10H,2-5H2,1H3,(H,14,15). The van der Waals surface area contributed by atoms with Crippen LogP contribution in [0.15, 0.2) is 24.3 Å². The van der Waals surface area contributed by atoms with Gasteiger partial charge in [0.25, 0.3) is 0 Å². The third-order valence-electron chi connectivity index (χ3n) is 3.08. The average molecular weight is 219 g/mol. The first-order valence-electron chi connectivity index (χ1n) is 5.74. The van der Waals surface area contributed by atoms with E-state index >= 15 is 0 Å². The van der Waals surface area contributed by atoms with E-state index in [9.17, 15) is 4.79 Å². The molecule has 1 aromatic carbocycles. The van der Waals surface area contributed by atoms with E-state index in [0.29, 0.717) is 0 Å². The number of carbonyl (C=O) groups excluding carboxylic acids is 1. The van der Waals surface area contributed by atoms with Gasteiger partial charge < -0.3 is 10.1 Å². The third kappa shape index (κ3) is 2.54. The molecule has 1 aromatic rings. The van der Waals surface area contributed by atoms with Gasteiger partial charge in [-0.2, -0.15) is 0 Å². The number of hydrogen-bond acceptors (Lipinski definition) is 2. The quantitative estimate of drug-likeness (QED) is 0.848. The topological polar surface area (TPSA) is 38.3 Å². The zero-order valence-corrected chi connectivity index (χ0v) is 9.53. The Bertz CT molecular complexity index is 353. The maximum Gasteiger partial charge on any atom is 0.227 e. The molecule has 16 heavy (non-hydrogen) atoms. The highest BCUT2D eigenvalue weighted by molar-refractivity contribution is 5.92. The maximum atomic E-state index is 11.8. The van der Waals surface area contributed by atoms with E-state index in [4.69, 9.17) is 4.74 Å². The van der Waals surface area contributed by atoms with Crippen molar-refractivity contribution in [3.63, 3.8) is 0 Å². The molecule has 1 fully saturated rings. The molecule has 3 heteroatoms. The highest BCUT2D eigenvalue weighted by Crippen LogP contribution is 2.26. The van der Waals surface area contributed by atoms with Crippen molar-refractivity contribution in [1.82, 2.24) is 0 Å². The zero-order chi connectivity index (χ0) is 11.4. The number of methoxy groups -OCH3 is 1. The number of benzene rings is 1. The van der Waals surface area contributed by atoms with Gasteiger partial charge in [-0.05, 0) is 37.1 Å². The Morgan fingerprint density at radius 2 is 1.88 bits per heavy atom. The summed E-state index contributed by atoms with van der Waals surface area (Å²) in [6.45, 7) is 0. The number of carbonyl (C=O) groups is 1. The van der Waals surface area contributed by atoms with Crippen LogP contribution < -0.4 is 10.1 Å². The van der Waals surface area contributed by atoms with E-state index in [1.54, 1.807) is 7.11 Å². The summed E-state index contributed by atoms with van der Waals surface area (Å²) in [5.41, 5.74) is 0.845. The van der Waals surface area contributed by atoms with Gasteiger partial charge in [-0.15, -0.1) is 0 Å². The van der Waals surface area contributed by atoms with Gasteiger partial charge in [-0.1, -0.05) is 12.8 Å². The minimum Gasteiger partial charge on any atom is -0.497 e. The molecule has 0 aromatic heterocycles. The molecule has 0 bridgehead atoms. The summed E-state index contributed by atoms with van der Waals surface area (Å²) in [4.78, 5) is 11.8.